The zero-order chi connectivity index (χ0) is 11.5. The van der Waals surface area contributed by atoms with Crippen molar-refractivity contribution in [3.8, 4) is 0 Å². The molecule has 3 nitrogen and oxygen atoms in total. The van der Waals surface area contributed by atoms with E-state index in [0.717, 1.165) is 23.1 Å². The Balaban J connectivity index is 2.08. The summed E-state index contributed by atoms with van der Waals surface area (Å²) in [6.07, 6.45) is 1.60. The Hall–Kier alpha value is -1.03. The van der Waals surface area contributed by atoms with Gasteiger partial charge in [0.05, 0.1) is 0 Å². The summed E-state index contributed by atoms with van der Waals surface area (Å²) in [6.45, 7) is 0.782. The zero-order valence-corrected chi connectivity index (χ0v) is 10.8. The predicted octanol–water partition coefficient (Wildman–Crippen LogP) is 2.16. The number of carbonyl (C=O) groups excluding carboxylic acids is 1. The topological polar surface area (TPSA) is 32.3 Å². The number of piperidine rings is 1. The second-order valence-corrected chi connectivity index (χ2v) is 5.00. The van der Waals surface area contributed by atoms with Gasteiger partial charge >= 0.3 is 0 Å². The van der Waals surface area contributed by atoms with Gasteiger partial charge in [0.1, 0.15) is 0 Å². The number of nitrogens with zero attached hydrogens (tertiary/aromatic N) is 1. The smallest absolute Gasteiger partial charge is 0.222 e. The Morgan fingerprint density at radius 3 is 2.69 bits per heavy atom. The molecule has 1 aliphatic rings. The SMILES string of the molecule is CN(c1ccc(Br)cc1)C1CCNC(=O)C1. The van der Waals surface area contributed by atoms with Gasteiger partial charge in [0.2, 0.25) is 5.91 Å². The van der Waals surface area contributed by atoms with Gasteiger partial charge in [-0.1, -0.05) is 15.9 Å². The fourth-order valence-electron chi connectivity index (χ4n) is 1.98. The minimum Gasteiger partial charge on any atom is -0.371 e. The van der Waals surface area contributed by atoms with E-state index in [0.29, 0.717) is 12.5 Å². The second kappa shape index (κ2) is 4.87. The highest BCUT2D eigenvalue weighted by atomic mass is 79.9. The van der Waals surface area contributed by atoms with Crippen molar-refractivity contribution >= 4 is 27.5 Å². The molecule has 0 saturated carbocycles. The highest BCUT2D eigenvalue weighted by molar-refractivity contribution is 9.10. The number of benzene rings is 1. The van der Waals surface area contributed by atoms with Crippen LogP contribution < -0.4 is 10.2 Å². The average molecular weight is 283 g/mol. The minimum atomic E-state index is 0.153. The summed E-state index contributed by atoms with van der Waals surface area (Å²) >= 11 is 3.42. The maximum atomic E-state index is 11.3. The maximum Gasteiger partial charge on any atom is 0.222 e. The van der Waals surface area contributed by atoms with E-state index in [4.69, 9.17) is 0 Å². The van der Waals surface area contributed by atoms with Crippen molar-refractivity contribution in [2.75, 3.05) is 18.5 Å². The lowest BCUT2D eigenvalue weighted by molar-refractivity contribution is -0.122. The molecule has 2 rings (SSSR count). The number of hydrogen-bond acceptors (Lipinski definition) is 2. The summed E-state index contributed by atoms with van der Waals surface area (Å²) in [4.78, 5) is 13.5. The fraction of sp³-hybridized carbons (Fsp3) is 0.417. The number of hydrogen-bond donors (Lipinski definition) is 1. The summed E-state index contributed by atoms with van der Waals surface area (Å²) in [6, 6.07) is 8.49. The Kier molecular flexibility index (Phi) is 3.49. The van der Waals surface area contributed by atoms with Crippen LogP contribution in [0.15, 0.2) is 28.7 Å². The Bertz CT molecular complexity index is 377. The molecule has 1 atom stereocenters. The van der Waals surface area contributed by atoms with Crippen molar-refractivity contribution in [2.24, 2.45) is 0 Å². The number of carbonyl (C=O) groups is 1. The standard InChI is InChI=1S/C12H15BrN2O/c1-15(10-4-2-9(13)3-5-10)11-6-7-14-12(16)8-11/h2-5,11H,6-8H2,1H3,(H,14,16). The largest absolute Gasteiger partial charge is 0.371 e. The number of rotatable bonds is 2. The Morgan fingerprint density at radius 2 is 2.06 bits per heavy atom. The van der Waals surface area contributed by atoms with Crippen LogP contribution in [0.2, 0.25) is 0 Å². The molecule has 1 aromatic carbocycles. The van der Waals surface area contributed by atoms with Crippen LogP contribution in [-0.4, -0.2) is 25.5 Å². The first-order chi connectivity index (χ1) is 7.66. The van der Waals surface area contributed by atoms with Crippen molar-refractivity contribution < 1.29 is 4.79 Å². The van der Waals surface area contributed by atoms with Crippen LogP contribution in [0.25, 0.3) is 0 Å². The first-order valence-corrected chi connectivity index (χ1v) is 6.21. The number of amides is 1. The molecule has 1 unspecified atom stereocenters. The van der Waals surface area contributed by atoms with E-state index in [9.17, 15) is 4.79 Å². The number of anilines is 1. The Morgan fingerprint density at radius 1 is 1.38 bits per heavy atom. The molecule has 0 aliphatic carbocycles. The third kappa shape index (κ3) is 2.55. The van der Waals surface area contributed by atoms with Crippen molar-refractivity contribution in [1.29, 1.82) is 0 Å². The summed E-state index contributed by atoms with van der Waals surface area (Å²) < 4.78 is 1.08. The predicted molar refractivity (Wildman–Crippen MR) is 68.6 cm³/mol. The summed E-state index contributed by atoms with van der Waals surface area (Å²) in [5.41, 5.74) is 1.16. The van der Waals surface area contributed by atoms with E-state index in [1.54, 1.807) is 0 Å². The van der Waals surface area contributed by atoms with E-state index in [1.807, 2.05) is 19.2 Å². The molecule has 1 amide bonds. The molecule has 1 saturated heterocycles. The van der Waals surface area contributed by atoms with Gasteiger partial charge in [0, 0.05) is 36.2 Å². The highest BCUT2D eigenvalue weighted by Gasteiger charge is 2.22. The van der Waals surface area contributed by atoms with Gasteiger partial charge in [0.15, 0.2) is 0 Å². The molecular formula is C12H15BrN2O. The van der Waals surface area contributed by atoms with Crippen LogP contribution in [0.3, 0.4) is 0 Å². The third-order valence-electron chi connectivity index (χ3n) is 3.00. The average Bonchev–Trinajstić information content (AvgIpc) is 2.29. The van der Waals surface area contributed by atoms with Crippen LogP contribution >= 0.6 is 15.9 Å². The normalized spacial score (nSPS) is 20.4. The van der Waals surface area contributed by atoms with Crippen molar-refractivity contribution in [1.82, 2.24) is 5.32 Å². The van der Waals surface area contributed by atoms with E-state index in [1.165, 1.54) is 0 Å². The first kappa shape index (κ1) is 11.5. The van der Waals surface area contributed by atoms with Crippen LogP contribution in [0.1, 0.15) is 12.8 Å². The van der Waals surface area contributed by atoms with Gasteiger partial charge in [-0.15, -0.1) is 0 Å². The zero-order valence-electron chi connectivity index (χ0n) is 9.24. The third-order valence-corrected chi connectivity index (χ3v) is 3.53. The van der Waals surface area contributed by atoms with Gasteiger partial charge in [-0.3, -0.25) is 4.79 Å². The van der Waals surface area contributed by atoms with Gasteiger partial charge < -0.3 is 10.2 Å². The van der Waals surface area contributed by atoms with Gasteiger partial charge in [-0.2, -0.15) is 0 Å². The molecule has 0 bridgehead atoms. The van der Waals surface area contributed by atoms with Crippen LogP contribution in [0.5, 0.6) is 0 Å². The molecule has 4 heteroatoms. The molecule has 1 aliphatic heterocycles. The van der Waals surface area contributed by atoms with Gasteiger partial charge in [0.25, 0.3) is 0 Å². The summed E-state index contributed by atoms with van der Waals surface area (Å²) in [5, 5.41) is 2.85. The Labute approximate surface area is 104 Å². The second-order valence-electron chi connectivity index (χ2n) is 4.08. The quantitative estimate of drug-likeness (QED) is 0.902. The lowest BCUT2D eigenvalue weighted by Gasteiger charge is -2.32. The molecule has 0 aromatic heterocycles. The minimum absolute atomic E-state index is 0.153. The maximum absolute atomic E-state index is 11.3. The van der Waals surface area contributed by atoms with Crippen molar-refractivity contribution in [3.05, 3.63) is 28.7 Å². The van der Waals surface area contributed by atoms with Crippen molar-refractivity contribution in [3.63, 3.8) is 0 Å². The molecule has 16 heavy (non-hydrogen) atoms. The summed E-state index contributed by atoms with van der Waals surface area (Å²) in [5.74, 6) is 0.153. The molecule has 86 valence electrons. The van der Waals surface area contributed by atoms with Crippen LogP contribution in [-0.2, 0) is 4.79 Å². The lowest BCUT2D eigenvalue weighted by Crippen LogP contribution is -2.44. The van der Waals surface area contributed by atoms with E-state index in [2.05, 4.69) is 38.3 Å². The molecule has 1 aromatic rings. The first-order valence-electron chi connectivity index (χ1n) is 5.42. The molecule has 1 fully saturated rings. The molecule has 1 N–H and O–H groups in total. The summed E-state index contributed by atoms with van der Waals surface area (Å²) in [7, 11) is 2.05. The van der Waals surface area contributed by atoms with E-state index in [-0.39, 0.29) is 5.91 Å². The molecule has 0 spiro atoms. The monoisotopic (exact) mass is 282 g/mol. The van der Waals surface area contributed by atoms with Gasteiger partial charge in [-0.25, -0.2) is 0 Å². The van der Waals surface area contributed by atoms with Gasteiger partial charge in [-0.05, 0) is 30.7 Å². The lowest BCUT2D eigenvalue weighted by atomic mass is 10.0. The number of nitrogens with one attached hydrogen (secondary N) is 1. The fourth-order valence-corrected chi connectivity index (χ4v) is 2.25. The van der Waals surface area contributed by atoms with Crippen LogP contribution in [0.4, 0.5) is 5.69 Å². The molecule has 0 radical (unpaired) electrons. The molecular weight excluding hydrogens is 268 g/mol. The van der Waals surface area contributed by atoms with Crippen molar-refractivity contribution in [2.45, 2.75) is 18.9 Å². The van der Waals surface area contributed by atoms with E-state index < -0.39 is 0 Å². The highest BCUT2D eigenvalue weighted by Crippen LogP contribution is 2.22. The number of halogens is 1. The molecule has 1 heterocycles. The van der Waals surface area contributed by atoms with Crippen LogP contribution in [0, 0.1) is 0 Å². The van der Waals surface area contributed by atoms with E-state index >= 15 is 0 Å².